The van der Waals surface area contributed by atoms with E-state index in [1.807, 2.05) is 0 Å². The van der Waals surface area contributed by atoms with Crippen molar-refractivity contribution in [3.05, 3.63) is 46.7 Å². The maximum absolute atomic E-state index is 13.1. The largest absolute Gasteiger partial charge is 0.453 e. The van der Waals surface area contributed by atoms with Crippen LogP contribution in [-0.2, 0) is 4.74 Å². The number of nitrogens with one attached hydrogen (secondary N) is 1. The molecule has 0 unspecified atom stereocenters. The van der Waals surface area contributed by atoms with Crippen molar-refractivity contribution < 1.29 is 18.7 Å². The molecule has 0 aliphatic carbocycles. The summed E-state index contributed by atoms with van der Waals surface area (Å²) in [4.78, 5) is 27.9. The molecule has 2 aromatic rings. The molecule has 1 aromatic heterocycles. The molecule has 0 radical (unpaired) electrons. The van der Waals surface area contributed by atoms with Gasteiger partial charge >= 0.3 is 5.97 Å². The van der Waals surface area contributed by atoms with Gasteiger partial charge in [0.1, 0.15) is 5.82 Å². The topological polar surface area (TPSA) is 68.3 Å². The smallest absolute Gasteiger partial charge is 0.358 e. The first-order chi connectivity index (χ1) is 11.5. The molecule has 128 valence electrons. The second kappa shape index (κ2) is 8.54. The average Bonchev–Trinajstić information content (AvgIpc) is 3.01. The van der Waals surface area contributed by atoms with Crippen LogP contribution < -0.4 is 5.32 Å². The molecule has 1 N–H and O–H groups in total. The predicted octanol–water partition coefficient (Wildman–Crippen LogP) is 3.78. The molecule has 5 nitrogen and oxygen atoms in total. The average molecular weight is 350 g/mol. The van der Waals surface area contributed by atoms with Crippen molar-refractivity contribution in [2.45, 2.75) is 20.3 Å². The van der Waals surface area contributed by atoms with Crippen molar-refractivity contribution in [3.63, 3.8) is 0 Å². The lowest BCUT2D eigenvalue weighted by Crippen LogP contribution is -2.15. The van der Waals surface area contributed by atoms with Gasteiger partial charge in [-0.3, -0.25) is 4.79 Å². The Morgan fingerprint density at radius 3 is 2.88 bits per heavy atom. The summed E-state index contributed by atoms with van der Waals surface area (Å²) in [5.41, 5.74) is 0.316. The van der Waals surface area contributed by atoms with Crippen molar-refractivity contribution in [2.75, 3.05) is 18.5 Å². The third-order valence-corrected chi connectivity index (χ3v) is 3.99. The van der Waals surface area contributed by atoms with Crippen molar-refractivity contribution in [1.82, 2.24) is 4.98 Å². The molecule has 7 heteroatoms. The van der Waals surface area contributed by atoms with Gasteiger partial charge in [0.15, 0.2) is 23.2 Å². The Bertz CT molecular complexity index is 715. The first-order valence-corrected chi connectivity index (χ1v) is 8.49. The fourth-order valence-corrected chi connectivity index (χ4v) is 2.58. The number of hydrogen-bond donors (Lipinski definition) is 1. The number of hydrogen-bond acceptors (Lipinski definition) is 6. The zero-order valence-electron chi connectivity index (χ0n) is 13.5. The van der Waals surface area contributed by atoms with Crippen LogP contribution in [0.5, 0.6) is 0 Å². The molecule has 0 atom stereocenters. The van der Waals surface area contributed by atoms with Gasteiger partial charge in [0.05, 0.1) is 0 Å². The Balaban J connectivity index is 1.84. The maximum Gasteiger partial charge on any atom is 0.358 e. The molecule has 0 aliphatic heterocycles. The summed E-state index contributed by atoms with van der Waals surface area (Å²) >= 11 is 1.30. The molecule has 2 rings (SSSR count). The van der Waals surface area contributed by atoms with Crippen LogP contribution in [0, 0.1) is 11.7 Å². The normalized spacial score (nSPS) is 10.7. The van der Waals surface area contributed by atoms with Crippen molar-refractivity contribution in [3.8, 4) is 0 Å². The van der Waals surface area contributed by atoms with Gasteiger partial charge in [0, 0.05) is 17.5 Å². The van der Waals surface area contributed by atoms with Crippen LogP contribution in [0.15, 0.2) is 29.6 Å². The van der Waals surface area contributed by atoms with Gasteiger partial charge in [-0.25, -0.2) is 14.2 Å². The van der Waals surface area contributed by atoms with E-state index >= 15 is 0 Å². The highest BCUT2D eigenvalue weighted by atomic mass is 32.1. The van der Waals surface area contributed by atoms with E-state index < -0.39 is 24.2 Å². The summed E-state index contributed by atoms with van der Waals surface area (Å²) < 4.78 is 18.0. The predicted molar refractivity (Wildman–Crippen MR) is 91.1 cm³/mol. The van der Waals surface area contributed by atoms with E-state index in [-0.39, 0.29) is 11.3 Å². The van der Waals surface area contributed by atoms with Gasteiger partial charge < -0.3 is 10.1 Å². The van der Waals surface area contributed by atoms with E-state index in [0.29, 0.717) is 11.0 Å². The highest BCUT2D eigenvalue weighted by molar-refractivity contribution is 7.13. The highest BCUT2D eigenvalue weighted by Gasteiger charge is 2.15. The molecule has 1 aromatic carbocycles. The van der Waals surface area contributed by atoms with Crippen LogP contribution in [0.1, 0.15) is 41.1 Å². The Kier molecular flexibility index (Phi) is 6.43. The molecule has 24 heavy (non-hydrogen) atoms. The molecule has 0 saturated heterocycles. The molecule has 0 spiro atoms. The summed E-state index contributed by atoms with van der Waals surface area (Å²) in [6.07, 6.45) is 1.00. The Labute approximate surface area is 143 Å². The van der Waals surface area contributed by atoms with Gasteiger partial charge in [-0.1, -0.05) is 26.0 Å². The number of rotatable bonds is 8. The monoisotopic (exact) mass is 350 g/mol. The fourth-order valence-electron chi connectivity index (χ4n) is 1.87. The van der Waals surface area contributed by atoms with Crippen LogP contribution in [-0.4, -0.2) is 29.9 Å². The van der Waals surface area contributed by atoms with Crippen molar-refractivity contribution in [1.29, 1.82) is 0 Å². The summed E-state index contributed by atoms with van der Waals surface area (Å²) in [5.74, 6) is -1.07. The number of carbonyl (C=O) groups excluding carboxylic acids is 2. The van der Waals surface area contributed by atoms with E-state index in [0.717, 1.165) is 19.0 Å². The second-order valence-corrected chi connectivity index (χ2v) is 6.51. The van der Waals surface area contributed by atoms with Gasteiger partial charge in [-0.2, -0.15) is 0 Å². The first kappa shape index (κ1) is 18.1. The van der Waals surface area contributed by atoms with Crippen LogP contribution in [0.3, 0.4) is 0 Å². The minimum absolute atomic E-state index is 0.152. The fraction of sp³-hybridized carbons (Fsp3) is 0.353. The lowest BCUT2D eigenvalue weighted by Gasteiger charge is -2.05. The zero-order chi connectivity index (χ0) is 17.5. The van der Waals surface area contributed by atoms with E-state index in [4.69, 9.17) is 4.74 Å². The number of Topliss-reactive ketones (excluding diaryl/α,β-unsaturated/α-hetero) is 1. The Hall–Kier alpha value is -2.28. The highest BCUT2D eigenvalue weighted by Crippen LogP contribution is 2.16. The number of aromatic nitrogens is 1. The van der Waals surface area contributed by atoms with Crippen LogP contribution in [0.4, 0.5) is 9.52 Å². The third-order valence-electron chi connectivity index (χ3n) is 3.19. The molecule has 0 bridgehead atoms. The summed E-state index contributed by atoms with van der Waals surface area (Å²) in [7, 11) is 0. The molecule has 0 saturated carbocycles. The van der Waals surface area contributed by atoms with Gasteiger partial charge in [0.2, 0.25) is 0 Å². The number of ether oxygens (including phenoxy) is 1. The molecule has 0 aliphatic rings. The number of thiazole rings is 1. The van der Waals surface area contributed by atoms with Gasteiger partial charge in [-0.05, 0) is 24.5 Å². The van der Waals surface area contributed by atoms with E-state index in [9.17, 15) is 14.0 Å². The summed E-state index contributed by atoms with van der Waals surface area (Å²) in [5, 5.41) is 5.35. The van der Waals surface area contributed by atoms with Crippen LogP contribution in [0.2, 0.25) is 0 Å². The number of nitrogens with zero attached hydrogens (tertiary/aromatic N) is 1. The van der Waals surface area contributed by atoms with Crippen molar-refractivity contribution in [2.24, 2.45) is 5.92 Å². The quantitative estimate of drug-likeness (QED) is 0.580. The Morgan fingerprint density at radius 2 is 2.17 bits per heavy atom. The van der Waals surface area contributed by atoms with E-state index in [2.05, 4.69) is 24.1 Å². The van der Waals surface area contributed by atoms with Gasteiger partial charge in [-0.15, -0.1) is 11.3 Å². The Morgan fingerprint density at radius 1 is 1.38 bits per heavy atom. The first-order valence-electron chi connectivity index (χ1n) is 7.61. The summed E-state index contributed by atoms with van der Waals surface area (Å²) in [6, 6.07) is 5.25. The lowest BCUT2D eigenvalue weighted by molar-refractivity contribution is 0.0470. The number of ketones is 1. The maximum atomic E-state index is 13.1. The minimum atomic E-state index is -0.673. The van der Waals surface area contributed by atoms with Crippen LogP contribution in [0.25, 0.3) is 0 Å². The molecule has 1 heterocycles. The SMILES string of the molecule is CC(C)CCNc1nc(C(=O)OCC(=O)c2cccc(F)c2)cs1. The minimum Gasteiger partial charge on any atom is -0.453 e. The van der Waals surface area contributed by atoms with Crippen molar-refractivity contribution >= 4 is 28.2 Å². The van der Waals surface area contributed by atoms with Crippen LogP contribution >= 0.6 is 11.3 Å². The number of benzene rings is 1. The van der Waals surface area contributed by atoms with Gasteiger partial charge in [0.25, 0.3) is 0 Å². The van der Waals surface area contributed by atoms with E-state index in [1.54, 1.807) is 5.38 Å². The molecular formula is C17H19FN2O3S. The zero-order valence-corrected chi connectivity index (χ0v) is 14.4. The molecular weight excluding hydrogens is 331 g/mol. The molecule has 0 amide bonds. The van der Waals surface area contributed by atoms with E-state index in [1.165, 1.54) is 29.5 Å². The summed E-state index contributed by atoms with van der Waals surface area (Å²) in [6.45, 7) is 4.58. The third kappa shape index (κ3) is 5.42. The molecule has 0 fully saturated rings. The number of carbonyl (C=O) groups is 2. The number of halogens is 1. The second-order valence-electron chi connectivity index (χ2n) is 5.66. The number of esters is 1. The lowest BCUT2D eigenvalue weighted by atomic mass is 10.1. The number of anilines is 1. The standard InChI is InChI=1S/C17H19FN2O3S/c1-11(2)6-7-19-17-20-14(10-24-17)16(22)23-9-15(21)12-4-3-5-13(18)8-12/h3-5,8,10-11H,6-7,9H2,1-2H3,(H,19,20).